The minimum atomic E-state index is -4.10. The highest BCUT2D eigenvalue weighted by Crippen LogP contribution is 2.21. The predicted molar refractivity (Wildman–Crippen MR) is 99.2 cm³/mol. The summed E-state index contributed by atoms with van der Waals surface area (Å²) in [6, 6.07) is 9.36. The van der Waals surface area contributed by atoms with Crippen molar-refractivity contribution >= 4 is 10.0 Å². The first kappa shape index (κ1) is 19.5. The first-order valence-corrected chi connectivity index (χ1v) is 10.1. The minimum Gasteiger partial charge on any atom is -0.379 e. The zero-order valence-electron chi connectivity index (χ0n) is 14.9. The van der Waals surface area contributed by atoms with Crippen LogP contribution in [0.1, 0.15) is 17.3 Å². The Bertz CT molecular complexity index is 994. The third-order valence-corrected chi connectivity index (χ3v) is 6.06. The van der Waals surface area contributed by atoms with Crippen LogP contribution in [0.15, 0.2) is 44.8 Å². The molecule has 1 unspecified atom stereocenters. The van der Waals surface area contributed by atoms with Crippen LogP contribution in [0.4, 0.5) is 0 Å². The topological polar surface area (TPSA) is 124 Å². The van der Waals surface area contributed by atoms with E-state index in [0.29, 0.717) is 26.3 Å². The van der Waals surface area contributed by atoms with Crippen molar-refractivity contribution in [2.45, 2.75) is 17.9 Å². The third-order valence-electron chi connectivity index (χ3n) is 4.48. The lowest BCUT2D eigenvalue weighted by atomic mass is 10.1. The summed E-state index contributed by atoms with van der Waals surface area (Å²) in [6.07, 6.45) is 0. The molecule has 1 saturated heterocycles. The smallest absolute Gasteiger partial charge is 0.325 e. The number of morpholine rings is 1. The maximum absolute atomic E-state index is 12.7. The van der Waals surface area contributed by atoms with Crippen molar-refractivity contribution in [2.75, 3.05) is 32.8 Å². The summed E-state index contributed by atoms with van der Waals surface area (Å²) in [4.78, 5) is 29.2. The van der Waals surface area contributed by atoms with Crippen molar-refractivity contribution in [2.24, 2.45) is 0 Å². The van der Waals surface area contributed by atoms with Gasteiger partial charge in [-0.05, 0) is 12.5 Å². The Kier molecular flexibility index (Phi) is 5.90. The molecule has 146 valence electrons. The Labute approximate surface area is 156 Å². The second kappa shape index (κ2) is 8.17. The number of hydrogen-bond acceptors (Lipinski definition) is 6. The SMILES string of the molecule is Cc1[nH]c(=O)[nH]c(=O)c1S(=O)(=O)NCC(c1ccccc1)N1CCOCC1. The lowest BCUT2D eigenvalue weighted by molar-refractivity contribution is 0.0172. The van der Waals surface area contributed by atoms with E-state index < -0.39 is 26.2 Å². The highest BCUT2D eigenvalue weighted by atomic mass is 32.2. The van der Waals surface area contributed by atoms with Crippen molar-refractivity contribution in [3.8, 4) is 0 Å². The molecule has 2 aromatic rings. The molecule has 0 bridgehead atoms. The Hall–Kier alpha value is -2.27. The largest absolute Gasteiger partial charge is 0.379 e. The van der Waals surface area contributed by atoms with Crippen LogP contribution in [0.25, 0.3) is 0 Å². The molecule has 10 heteroatoms. The van der Waals surface area contributed by atoms with Gasteiger partial charge in [0.15, 0.2) is 4.90 Å². The van der Waals surface area contributed by atoms with Gasteiger partial charge in [0.2, 0.25) is 10.0 Å². The molecular weight excluding hydrogens is 372 g/mol. The number of aryl methyl sites for hydroxylation is 1. The zero-order chi connectivity index (χ0) is 19.4. The molecule has 9 nitrogen and oxygen atoms in total. The summed E-state index contributed by atoms with van der Waals surface area (Å²) < 4.78 is 33.3. The molecule has 1 aromatic carbocycles. The molecule has 3 rings (SSSR count). The number of nitrogens with one attached hydrogen (secondary N) is 3. The fourth-order valence-electron chi connectivity index (χ4n) is 3.19. The Morgan fingerprint density at radius 3 is 2.44 bits per heavy atom. The second-order valence-corrected chi connectivity index (χ2v) is 7.99. The Morgan fingerprint density at radius 1 is 1.15 bits per heavy atom. The van der Waals surface area contributed by atoms with Gasteiger partial charge in [-0.1, -0.05) is 30.3 Å². The predicted octanol–water partition coefficient (Wildman–Crippen LogP) is -0.277. The third kappa shape index (κ3) is 4.53. The molecule has 2 heterocycles. The van der Waals surface area contributed by atoms with Crippen molar-refractivity contribution in [1.29, 1.82) is 0 Å². The molecule has 0 spiro atoms. The average molecular weight is 394 g/mol. The molecule has 1 aromatic heterocycles. The van der Waals surface area contributed by atoms with E-state index in [4.69, 9.17) is 4.74 Å². The summed E-state index contributed by atoms with van der Waals surface area (Å²) in [5, 5.41) is 0. The molecule has 0 radical (unpaired) electrons. The van der Waals surface area contributed by atoms with E-state index in [1.54, 1.807) is 0 Å². The molecule has 1 aliphatic rings. The molecule has 1 fully saturated rings. The fourth-order valence-corrected chi connectivity index (χ4v) is 4.47. The number of sulfonamides is 1. The van der Waals surface area contributed by atoms with Gasteiger partial charge in [0.1, 0.15) is 0 Å². The molecule has 27 heavy (non-hydrogen) atoms. The number of benzene rings is 1. The summed E-state index contributed by atoms with van der Waals surface area (Å²) in [5.41, 5.74) is -0.716. The maximum atomic E-state index is 12.7. The number of aromatic nitrogens is 2. The van der Waals surface area contributed by atoms with E-state index in [9.17, 15) is 18.0 Å². The first-order chi connectivity index (χ1) is 12.9. The number of hydrogen-bond donors (Lipinski definition) is 3. The van der Waals surface area contributed by atoms with Crippen molar-refractivity contribution in [3.63, 3.8) is 0 Å². The van der Waals surface area contributed by atoms with Crippen molar-refractivity contribution in [3.05, 3.63) is 62.4 Å². The van der Waals surface area contributed by atoms with Crippen molar-refractivity contribution in [1.82, 2.24) is 19.6 Å². The van der Waals surface area contributed by atoms with Crippen LogP contribution in [-0.4, -0.2) is 56.1 Å². The normalized spacial score (nSPS) is 16.9. The summed E-state index contributed by atoms with van der Waals surface area (Å²) >= 11 is 0. The Morgan fingerprint density at radius 2 is 1.81 bits per heavy atom. The van der Waals surface area contributed by atoms with E-state index >= 15 is 0 Å². The number of rotatable bonds is 6. The Balaban J connectivity index is 1.86. The van der Waals surface area contributed by atoms with E-state index in [2.05, 4.69) is 14.6 Å². The lowest BCUT2D eigenvalue weighted by Crippen LogP contribution is -2.44. The van der Waals surface area contributed by atoms with Crippen LogP contribution in [0.5, 0.6) is 0 Å². The highest BCUT2D eigenvalue weighted by Gasteiger charge is 2.27. The molecule has 0 saturated carbocycles. The van der Waals surface area contributed by atoms with Gasteiger partial charge in [0, 0.05) is 31.4 Å². The van der Waals surface area contributed by atoms with Gasteiger partial charge in [0.25, 0.3) is 5.56 Å². The minimum absolute atomic E-state index is 0.00103. The molecule has 1 atom stereocenters. The van der Waals surface area contributed by atoms with Crippen LogP contribution < -0.4 is 16.0 Å². The van der Waals surface area contributed by atoms with E-state index in [1.165, 1.54) is 6.92 Å². The van der Waals surface area contributed by atoms with Gasteiger partial charge in [0.05, 0.1) is 13.2 Å². The molecule has 1 aliphatic heterocycles. The van der Waals surface area contributed by atoms with Gasteiger partial charge in [-0.25, -0.2) is 17.9 Å². The zero-order valence-corrected chi connectivity index (χ0v) is 15.7. The van der Waals surface area contributed by atoms with Crippen LogP contribution >= 0.6 is 0 Å². The quantitative estimate of drug-likeness (QED) is 0.619. The number of nitrogens with zero attached hydrogens (tertiary/aromatic N) is 1. The van der Waals surface area contributed by atoms with Gasteiger partial charge >= 0.3 is 5.69 Å². The molecule has 3 N–H and O–H groups in total. The van der Waals surface area contributed by atoms with Crippen molar-refractivity contribution < 1.29 is 13.2 Å². The van der Waals surface area contributed by atoms with E-state index in [1.807, 2.05) is 35.3 Å². The van der Waals surface area contributed by atoms with Crippen LogP contribution in [0, 0.1) is 6.92 Å². The van der Waals surface area contributed by atoms with Gasteiger partial charge in [-0.3, -0.25) is 14.7 Å². The molecular formula is C17H22N4O5S. The maximum Gasteiger partial charge on any atom is 0.325 e. The van der Waals surface area contributed by atoms with Gasteiger partial charge in [-0.15, -0.1) is 0 Å². The second-order valence-electron chi connectivity index (χ2n) is 6.29. The lowest BCUT2D eigenvalue weighted by Gasteiger charge is -2.34. The number of aromatic amines is 2. The van der Waals surface area contributed by atoms with Gasteiger partial charge in [-0.2, -0.15) is 0 Å². The average Bonchev–Trinajstić information content (AvgIpc) is 2.62. The first-order valence-electron chi connectivity index (χ1n) is 8.58. The summed E-state index contributed by atoms with van der Waals surface area (Å²) in [6.45, 7) is 3.98. The highest BCUT2D eigenvalue weighted by molar-refractivity contribution is 7.89. The number of H-pyrrole nitrogens is 2. The molecule has 0 aliphatic carbocycles. The summed E-state index contributed by atoms with van der Waals surface area (Å²) in [5.74, 6) is 0. The van der Waals surface area contributed by atoms with E-state index in [0.717, 1.165) is 5.56 Å². The van der Waals surface area contributed by atoms with Gasteiger partial charge < -0.3 is 9.72 Å². The summed E-state index contributed by atoms with van der Waals surface area (Å²) in [7, 11) is -4.10. The van der Waals surface area contributed by atoms with Crippen LogP contribution in [0.3, 0.4) is 0 Å². The number of ether oxygens (including phenoxy) is 1. The monoisotopic (exact) mass is 394 g/mol. The van der Waals surface area contributed by atoms with Crippen LogP contribution in [0.2, 0.25) is 0 Å². The standard InChI is InChI=1S/C17H22N4O5S/c1-12-15(16(22)20-17(23)19-12)27(24,25)18-11-14(13-5-3-2-4-6-13)21-7-9-26-10-8-21/h2-6,14,18H,7-11H2,1H3,(H2,19,20,22,23). The van der Waals surface area contributed by atoms with E-state index in [-0.39, 0.29) is 18.3 Å². The van der Waals surface area contributed by atoms with Crippen LogP contribution in [-0.2, 0) is 14.8 Å². The fraction of sp³-hybridized carbons (Fsp3) is 0.412. The molecule has 0 amide bonds.